The molecule has 24 heavy (non-hydrogen) atoms. The third-order valence-corrected chi connectivity index (χ3v) is 4.12. The highest BCUT2D eigenvalue weighted by molar-refractivity contribution is 5.65. The van der Waals surface area contributed by atoms with Crippen molar-refractivity contribution >= 4 is 5.95 Å². The topological polar surface area (TPSA) is 75.7 Å². The van der Waals surface area contributed by atoms with Crippen LogP contribution in [0.2, 0.25) is 0 Å². The number of hydrogen-bond acceptors (Lipinski definition) is 5. The van der Waals surface area contributed by atoms with Gasteiger partial charge in [-0.3, -0.25) is 0 Å². The first kappa shape index (κ1) is 14.8. The first-order chi connectivity index (χ1) is 11.8. The minimum Gasteiger partial charge on any atom is -0.375 e. The second-order valence-corrected chi connectivity index (χ2v) is 5.82. The molecule has 3 heterocycles. The number of nitrogens with zero attached hydrogens (tertiary/aromatic N) is 3. The van der Waals surface area contributed by atoms with Gasteiger partial charge in [0.25, 0.3) is 0 Å². The third-order valence-electron chi connectivity index (χ3n) is 4.12. The largest absolute Gasteiger partial charge is 0.375 e. The van der Waals surface area contributed by atoms with Crippen molar-refractivity contribution < 1.29 is 4.74 Å². The van der Waals surface area contributed by atoms with Crippen LogP contribution >= 0.6 is 0 Å². The molecule has 122 valence electrons. The Morgan fingerprint density at radius 1 is 1.21 bits per heavy atom. The van der Waals surface area contributed by atoms with E-state index in [0.717, 1.165) is 47.1 Å². The summed E-state index contributed by atoms with van der Waals surface area (Å²) in [6.07, 6.45) is 2.73. The number of hydrogen-bond donors (Lipinski definition) is 2. The molecule has 6 heteroatoms. The Bertz CT molecular complexity index is 820. The summed E-state index contributed by atoms with van der Waals surface area (Å²) in [5, 5.41) is 3.23. The summed E-state index contributed by atoms with van der Waals surface area (Å²) in [7, 11) is 0. The second kappa shape index (κ2) is 6.41. The summed E-state index contributed by atoms with van der Waals surface area (Å²) in [6, 6.07) is 10.2. The van der Waals surface area contributed by atoms with Crippen LogP contribution in [0, 0.1) is 6.92 Å². The standard InChI is InChI=1S/C18H19N5O/c1-12-14(13-5-3-2-4-6-13)9-19-18(21-12)20-10-17-22-15-7-8-24-11-16(15)23-17/h2-6,9H,7-8,10-11H2,1H3,(H,22,23)(H,19,20,21). The molecule has 0 atom stereocenters. The van der Waals surface area contributed by atoms with E-state index in [0.29, 0.717) is 19.1 Å². The van der Waals surface area contributed by atoms with Gasteiger partial charge in [-0.2, -0.15) is 0 Å². The molecule has 3 aromatic rings. The molecule has 2 aromatic heterocycles. The van der Waals surface area contributed by atoms with Crippen LogP contribution in [0.3, 0.4) is 0 Å². The van der Waals surface area contributed by atoms with E-state index in [-0.39, 0.29) is 0 Å². The summed E-state index contributed by atoms with van der Waals surface area (Å²) in [4.78, 5) is 16.9. The van der Waals surface area contributed by atoms with Gasteiger partial charge in [0, 0.05) is 18.2 Å². The van der Waals surface area contributed by atoms with Crippen LogP contribution in [0.25, 0.3) is 11.1 Å². The van der Waals surface area contributed by atoms with Crippen LogP contribution < -0.4 is 5.32 Å². The van der Waals surface area contributed by atoms with Gasteiger partial charge >= 0.3 is 0 Å². The lowest BCUT2D eigenvalue weighted by molar-refractivity contribution is 0.107. The number of aryl methyl sites for hydroxylation is 1. The summed E-state index contributed by atoms with van der Waals surface area (Å²) in [6.45, 7) is 3.92. The van der Waals surface area contributed by atoms with Crippen molar-refractivity contribution in [3.63, 3.8) is 0 Å². The maximum atomic E-state index is 5.43. The Balaban J connectivity index is 1.47. The molecule has 2 N–H and O–H groups in total. The third kappa shape index (κ3) is 3.00. The number of rotatable bonds is 4. The van der Waals surface area contributed by atoms with Gasteiger partial charge < -0.3 is 15.0 Å². The maximum Gasteiger partial charge on any atom is 0.223 e. The molecule has 0 unspecified atom stereocenters. The van der Waals surface area contributed by atoms with Gasteiger partial charge in [-0.1, -0.05) is 30.3 Å². The molecule has 1 aliphatic heterocycles. The molecule has 6 nitrogen and oxygen atoms in total. The number of aromatic amines is 1. The predicted molar refractivity (Wildman–Crippen MR) is 91.5 cm³/mol. The van der Waals surface area contributed by atoms with Crippen molar-refractivity contribution in [3.05, 3.63) is 59.4 Å². The van der Waals surface area contributed by atoms with E-state index in [2.05, 4.69) is 37.4 Å². The number of benzene rings is 1. The fourth-order valence-corrected chi connectivity index (χ4v) is 2.87. The average Bonchev–Trinajstić information content (AvgIpc) is 3.04. The monoisotopic (exact) mass is 321 g/mol. The predicted octanol–water partition coefficient (Wildman–Crippen LogP) is 2.86. The molecule has 0 saturated heterocycles. The lowest BCUT2D eigenvalue weighted by Crippen LogP contribution is -2.08. The number of fused-ring (bicyclic) bond motifs is 1. The van der Waals surface area contributed by atoms with Crippen molar-refractivity contribution in [2.75, 3.05) is 11.9 Å². The van der Waals surface area contributed by atoms with Crippen LogP contribution in [-0.4, -0.2) is 26.5 Å². The van der Waals surface area contributed by atoms with E-state index in [1.807, 2.05) is 31.3 Å². The van der Waals surface area contributed by atoms with Gasteiger partial charge in [-0.15, -0.1) is 0 Å². The SMILES string of the molecule is Cc1nc(NCc2nc3c([nH]2)COCC3)ncc1-c1ccccc1. The number of H-pyrrole nitrogens is 1. The molecule has 4 rings (SSSR count). The Hall–Kier alpha value is -2.73. The van der Waals surface area contributed by atoms with Crippen LogP contribution in [0.5, 0.6) is 0 Å². The number of anilines is 1. The number of aromatic nitrogens is 4. The zero-order valence-electron chi connectivity index (χ0n) is 13.5. The van der Waals surface area contributed by atoms with Gasteiger partial charge in [0.15, 0.2) is 0 Å². The molecule has 0 radical (unpaired) electrons. The van der Waals surface area contributed by atoms with Crippen LogP contribution in [0.1, 0.15) is 22.9 Å². The van der Waals surface area contributed by atoms with E-state index >= 15 is 0 Å². The fraction of sp³-hybridized carbons (Fsp3) is 0.278. The summed E-state index contributed by atoms with van der Waals surface area (Å²) < 4.78 is 5.43. The van der Waals surface area contributed by atoms with Gasteiger partial charge in [0.1, 0.15) is 5.82 Å². The van der Waals surface area contributed by atoms with Gasteiger partial charge in [0.2, 0.25) is 5.95 Å². The molecule has 0 spiro atoms. The van der Waals surface area contributed by atoms with Crippen molar-refractivity contribution in [2.45, 2.75) is 26.5 Å². The van der Waals surface area contributed by atoms with Gasteiger partial charge in [0.05, 0.1) is 36.8 Å². The normalized spacial score (nSPS) is 13.5. The Morgan fingerprint density at radius 3 is 2.88 bits per heavy atom. The number of imidazole rings is 1. The molecule has 1 aliphatic rings. The molecule has 0 fully saturated rings. The van der Waals surface area contributed by atoms with E-state index in [1.54, 1.807) is 0 Å². The Kier molecular flexibility index (Phi) is 3.96. The number of ether oxygens (including phenoxy) is 1. The molecule has 0 amide bonds. The molecule has 0 aliphatic carbocycles. The Morgan fingerprint density at radius 2 is 2.08 bits per heavy atom. The molecular formula is C18H19N5O. The highest BCUT2D eigenvalue weighted by atomic mass is 16.5. The van der Waals surface area contributed by atoms with E-state index in [1.165, 1.54) is 0 Å². The van der Waals surface area contributed by atoms with E-state index in [4.69, 9.17) is 4.74 Å². The highest BCUT2D eigenvalue weighted by Gasteiger charge is 2.14. The second-order valence-electron chi connectivity index (χ2n) is 5.82. The van der Waals surface area contributed by atoms with Crippen molar-refractivity contribution in [3.8, 4) is 11.1 Å². The highest BCUT2D eigenvalue weighted by Crippen LogP contribution is 2.22. The first-order valence-corrected chi connectivity index (χ1v) is 8.07. The van der Waals surface area contributed by atoms with E-state index < -0.39 is 0 Å². The quantitative estimate of drug-likeness (QED) is 0.773. The molecular weight excluding hydrogens is 302 g/mol. The van der Waals surface area contributed by atoms with Crippen LogP contribution in [-0.2, 0) is 24.3 Å². The molecule has 1 aromatic carbocycles. The summed E-state index contributed by atoms with van der Waals surface area (Å²) in [5.41, 5.74) is 5.31. The smallest absolute Gasteiger partial charge is 0.223 e. The lowest BCUT2D eigenvalue weighted by Gasteiger charge is -2.09. The average molecular weight is 321 g/mol. The minimum atomic E-state index is 0.567. The van der Waals surface area contributed by atoms with Crippen molar-refractivity contribution in [1.82, 2.24) is 19.9 Å². The minimum absolute atomic E-state index is 0.567. The van der Waals surface area contributed by atoms with Gasteiger partial charge in [-0.25, -0.2) is 15.0 Å². The number of nitrogens with one attached hydrogen (secondary N) is 2. The fourth-order valence-electron chi connectivity index (χ4n) is 2.87. The van der Waals surface area contributed by atoms with Crippen LogP contribution in [0.15, 0.2) is 36.5 Å². The lowest BCUT2D eigenvalue weighted by atomic mass is 10.1. The van der Waals surface area contributed by atoms with Crippen molar-refractivity contribution in [1.29, 1.82) is 0 Å². The Labute approximate surface area is 140 Å². The molecule has 0 bridgehead atoms. The van der Waals surface area contributed by atoms with E-state index in [9.17, 15) is 0 Å². The molecule has 0 saturated carbocycles. The zero-order valence-corrected chi connectivity index (χ0v) is 13.5. The maximum absolute atomic E-state index is 5.43. The first-order valence-electron chi connectivity index (χ1n) is 8.07. The summed E-state index contributed by atoms with van der Waals surface area (Å²) >= 11 is 0. The summed E-state index contributed by atoms with van der Waals surface area (Å²) in [5.74, 6) is 1.50. The van der Waals surface area contributed by atoms with Crippen LogP contribution in [0.4, 0.5) is 5.95 Å². The zero-order chi connectivity index (χ0) is 16.4. The van der Waals surface area contributed by atoms with Gasteiger partial charge in [-0.05, 0) is 12.5 Å². The van der Waals surface area contributed by atoms with Crippen molar-refractivity contribution in [2.24, 2.45) is 0 Å².